The highest BCUT2D eigenvalue weighted by molar-refractivity contribution is 7.52. The predicted molar refractivity (Wildman–Crippen MR) is 192 cm³/mol. The first-order valence-electron chi connectivity index (χ1n) is 16.1. The van der Waals surface area contributed by atoms with Gasteiger partial charge in [-0.15, -0.1) is 0 Å². The van der Waals surface area contributed by atoms with Crippen molar-refractivity contribution in [1.82, 2.24) is 29.4 Å². The highest BCUT2D eigenvalue weighted by Gasteiger charge is 2.31. The van der Waals surface area contributed by atoms with Gasteiger partial charge in [-0.2, -0.15) is 0 Å². The Bertz CT molecular complexity index is 1480. The molecular formula is C26H53N6O15P5. The van der Waals surface area contributed by atoms with Crippen LogP contribution in [0.3, 0.4) is 0 Å². The summed E-state index contributed by atoms with van der Waals surface area (Å²) in [6.07, 6.45) is -3.60. The van der Waals surface area contributed by atoms with E-state index in [0.29, 0.717) is 0 Å². The lowest BCUT2D eigenvalue weighted by Crippen LogP contribution is -2.49. The molecule has 0 amide bonds. The lowest BCUT2D eigenvalue weighted by atomic mass is 10.0. The Balaban J connectivity index is 2.59. The SMILES string of the molecule is [CH]N1CCN(CP(=O)(O)O)CCN(CP(=O)(O)O)CCN(CP(=O)(O)O)CCN(CP(=O)(O)O)CCN(CP(=O)(O)O)C(Cc2ccc(C)cc2)C1. The van der Waals surface area contributed by atoms with Gasteiger partial charge in [0.05, 0.1) is 0 Å². The van der Waals surface area contributed by atoms with Crippen molar-refractivity contribution in [3.05, 3.63) is 42.4 Å². The zero-order valence-electron chi connectivity index (χ0n) is 28.9. The second-order valence-corrected chi connectivity index (χ2v) is 21.2. The van der Waals surface area contributed by atoms with E-state index in [9.17, 15) is 71.8 Å². The van der Waals surface area contributed by atoms with Gasteiger partial charge >= 0.3 is 38.0 Å². The third kappa shape index (κ3) is 23.0. The van der Waals surface area contributed by atoms with Gasteiger partial charge in [0.1, 0.15) is 31.4 Å². The molecule has 0 bridgehead atoms. The zero-order chi connectivity index (χ0) is 39.5. The lowest BCUT2D eigenvalue weighted by Gasteiger charge is -2.37. The summed E-state index contributed by atoms with van der Waals surface area (Å²) in [6.45, 7) is 0.619. The van der Waals surface area contributed by atoms with E-state index in [1.165, 1.54) is 29.4 Å². The molecule has 2 radical (unpaired) electrons. The predicted octanol–water partition coefficient (Wildman–Crippen LogP) is -0.924. The fourth-order valence-corrected chi connectivity index (χ4v) is 9.78. The Morgan fingerprint density at radius 1 is 0.519 bits per heavy atom. The molecule has 0 spiro atoms. The van der Waals surface area contributed by atoms with Crippen LogP contribution < -0.4 is 0 Å². The summed E-state index contributed by atoms with van der Waals surface area (Å²) >= 11 is 0. The minimum Gasteiger partial charge on any atom is -0.324 e. The van der Waals surface area contributed by atoms with Gasteiger partial charge in [-0.1, -0.05) is 29.8 Å². The summed E-state index contributed by atoms with van der Waals surface area (Å²) in [5.41, 5.74) is 1.75. The van der Waals surface area contributed by atoms with Crippen molar-refractivity contribution in [2.75, 3.05) is 103 Å². The molecule has 10 N–H and O–H groups in total. The standard InChI is InChI=1S/C26H53N6O15P5/c1-24-3-5-25(6-4-24)17-26-18-27(2)7-8-28(19-48(33,34)35)9-10-29(20-49(36,37)38)11-12-30(21-50(39,40)41)13-14-31(22-51(42,43)44)15-16-32(26)23-52(45,46)47/h2-6,26H,7-23H2,1H3,(H2,33,34,35)(H2,36,37,38)(H2,39,40,41)(H2,42,43,44)(H2,45,46,47). The lowest BCUT2D eigenvalue weighted by molar-refractivity contribution is 0.130. The maximum atomic E-state index is 12.4. The maximum absolute atomic E-state index is 12.4. The monoisotopic (exact) mass is 844 g/mol. The fourth-order valence-electron chi connectivity index (χ4n) is 5.72. The molecule has 1 heterocycles. The van der Waals surface area contributed by atoms with Crippen molar-refractivity contribution in [2.45, 2.75) is 19.4 Å². The molecule has 1 saturated heterocycles. The van der Waals surface area contributed by atoms with Crippen LogP contribution in [0, 0.1) is 14.0 Å². The van der Waals surface area contributed by atoms with Crippen molar-refractivity contribution in [3.8, 4) is 0 Å². The quantitative estimate of drug-likeness (QED) is 0.114. The summed E-state index contributed by atoms with van der Waals surface area (Å²) in [4.78, 5) is 106. The van der Waals surface area contributed by atoms with Crippen molar-refractivity contribution < 1.29 is 71.8 Å². The molecule has 26 heteroatoms. The van der Waals surface area contributed by atoms with Crippen molar-refractivity contribution in [3.63, 3.8) is 0 Å². The van der Waals surface area contributed by atoms with Crippen LogP contribution in [0.4, 0.5) is 0 Å². The van der Waals surface area contributed by atoms with Crippen LogP contribution in [0.1, 0.15) is 11.1 Å². The van der Waals surface area contributed by atoms with Gasteiger partial charge in [0.15, 0.2) is 0 Å². The average Bonchev–Trinajstić information content (AvgIpc) is 2.94. The molecule has 0 aliphatic carbocycles. The van der Waals surface area contributed by atoms with Gasteiger partial charge in [-0.25, -0.2) is 0 Å². The van der Waals surface area contributed by atoms with Crippen molar-refractivity contribution in [2.24, 2.45) is 0 Å². The number of benzene rings is 1. The minimum atomic E-state index is -4.72. The summed E-state index contributed by atoms with van der Waals surface area (Å²) in [6, 6.07) is 6.67. The van der Waals surface area contributed by atoms with Gasteiger partial charge in [0.2, 0.25) is 0 Å². The van der Waals surface area contributed by atoms with E-state index >= 15 is 0 Å². The second kappa shape index (κ2) is 20.8. The van der Waals surface area contributed by atoms with Crippen molar-refractivity contribution in [1.29, 1.82) is 0 Å². The minimum absolute atomic E-state index is 0.00691. The molecule has 0 aromatic heterocycles. The largest absolute Gasteiger partial charge is 0.339 e. The topological polar surface area (TPSA) is 307 Å². The van der Waals surface area contributed by atoms with Crippen LogP contribution in [0.2, 0.25) is 0 Å². The van der Waals surface area contributed by atoms with E-state index in [1.54, 1.807) is 0 Å². The molecule has 52 heavy (non-hydrogen) atoms. The van der Waals surface area contributed by atoms with E-state index < -0.39 is 75.4 Å². The summed E-state index contributed by atoms with van der Waals surface area (Å²) < 4.78 is 60.6. The molecule has 0 saturated carbocycles. The molecule has 1 atom stereocenters. The highest BCUT2D eigenvalue weighted by Crippen LogP contribution is 2.39. The summed E-state index contributed by atoms with van der Waals surface area (Å²) in [7, 11) is -17.1. The van der Waals surface area contributed by atoms with Crippen LogP contribution >= 0.6 is 38.0 Å². The Morgan fingerprint density at radius 3 is 1.15 bits per heavy atom. The molecule has 1 aliphatic rings. The first-order valence-corrected chi connectivity index (χ1v) is 25.0. The molecule has 21 nitrogen and oxygen atoms in total. The number of nitrogens with zero attached hydrogens (tertiary/aromatic N) is 6. The van der Waals surface area contributed by atoms with Crippen LogP contribution in [0.5, 0.6) is 0 Å². The smallest absolute Gasteiger partial charge is 0.324 e. The number of hydrogen-bond acceptors (Lipinski definition) is 11. The van der Waals surface area contributed by atoms with Crippen LogP contribution in [0.15, 0.2) is 24.3 Å². The third-order valence-corrected chi connectivity index (χ3v) is 11.9. The molecule has 1 aromatic carbocycles. The van der Waals surface area contributed by atoms with Gasteiger partial charge < -0.3 is 48.9 Å². The summed E-state index contributed by atoms with van der Waals surface area (Å²) in [5, 5.41) is 0. The van der Waals surface area contributed by atoms with E-state index in [2.05, 4.69) is 0 Å². The van der Waals surface area contributed by atoms with Gasteiger partial charge in [-0.3, -0.25) is 52.2 Å². The van der Waals surface area contributed by atoms with E-state index in [-0.39, 0.29) is 78.4 Å². The van der Waals surface area contributed by atoms with Crippen LogP contribution in [-0.2, 0) is 29.2 Å². The summed E-state index contributed by atoms with van der Waals surface area (Å²) in [5.74, 6) is 0. The Morgan fingerprint density at radius 2 is 0.827 bits per heavy atom. The van der Waals surface area contributed by atoms with Gasteiger partial charge in [0.25, 0.3) is 0 Å². The Hall–Kier alpha value is -0.270. The number of rotatable bonds is 12. The molecule has 302 valence electrons. The van der Waals surface area contributed by atoms with Gasteiger partial charge in [0, 0.05) is 85.1 Å². The highest BCUT2D eigenvalue weighted by atomic mass is 31.2. The second-order valence-electron chi connectivity index (χ2n) is 13.2. The number of hydrogen-bond donors (Lipinski definition) is 10. The van der Waals surface area contributed by atoms with E-state index in [0.717, 1.165) is 11.1 Å². The Kier molecular flexibility index (Phi) is 19.1. The van der Waals surface area contributed by atoms with Gasteiger partial charge in [-0.05, 0) is 18.9 Å². The third-order valence-electron chi connectivity index (χ3n) is 8.06. The first-order chi connectivity index (χ1) is 23.6. The number of aryl methyl sites for hydroxylation is 1. The molecule has 1 aromatic rings. The van der Waals surface area contributed by atoms with E-state index in [4.69, 9.17) is 7.05 Å². The molecule has 1 unspecified atom stereocenters. The molecule has 1 fully saturated rings. The van der Waals surface area contributed by atoms with E-state index in [1.807, 2.05) is 31.2 Å². The first kappa shape index (κ1) is 47.9. The molecule has 1 aliphatic heterocycles. The maximum Gasteiger partial charge on any atom is 0.339 e. The molecular weight excluding hydrogens is 791 g/mol. The average molecular weight is 845 g/mol. The molecule has 2 rings (SSSR count). The van der Waals surface area contributed by atoms with Crippen LogP contribution in [0.25, 0.3) is 0 Å². The normalized spacial score (nSPS) is 21.6. The van der Waals surface area contributed by atoms with Crippen molar-refractivity contribution >= 4 is 38.0 Å². The van der Waals surface area contributed by atoms with Crippen LogP contribution in [-0.4, -0.2) is 188 Å². The Labute approximate surface area is 304 Å². The fraction of sp³-hybridized carbons (Fsp3) is 0.731. The zero-order valence-corrected chi connectivity index (χ0v) is 33.4.